The van der Waals surface area contributed by atoms with Crippen molar-refractivity contribution in [1.82, 2.24) is 15.4 Å². The summed E-state index contributed by atoms with van der Waals surface area (Å²) in [4.78, 5) is 13.1. The van der Waals surface area contributed by atoms with Gasteiger partial charge in [0.1, 0.15) is 6.33 Å². The van der Waals surface area contributed by atoms with Crippen LogP contribution in [-0.4, -0.2) is 9.97 Å². The fourth-order valence-corrected chi connectivity index (χ4v) is 1.26. The van der Waals surface area contributed by atoms with Gasteiger partial charge in [-0.25, -0.2) is 9.97 Å². The molecular formula is C12H13N3O. The van der Waals surface area contributed by atoms with Crippen LogP contribution >= 0.6 is 0 Å². The third kappa shape index (κ3) is 3.42. The summed E-state index contributed by atoms with van der Waals surface area (Å²) in [6.07, 6.45) is 5.02. The van der Waals surface area contributed by atoms with Crippen LogP contribution in [0.25, 0.3) is 0 Å². The second kappa shape index (κ2) is 5.95. The number of nitrogens with one attached hydrogen (secondary N) is 1. The molecule has 0 unspecified atom stereocenters. The quantitative estimate of drug-likeness (QED) is 0.609. The van der Waals surface area contributed by atoms with Crippen molar-refractivity contribution in [2.45, 2.75) is 13.2 Å². The molecule has 16 heavy (non-hydrogen) atoms. The molecule has 1 N–H and O–H groups in total. The molecule has 0 aliphatic carbocycles. The Balaban J connectivity index is 1.70. The lowest BCUT2D eigenvalue weighted by Gasteiger charge is -2.05. The van der Waals surface area contributed by atoms with Crippen LogP contribution in [0.5, 0.6) is 0 Å². The molecule has 1 aromatic carbocycles. The van der Waals surface area contributed by atoms with Crippen molar-refractivity contribution >= 4 is 0 Å². The Hall–Kier alpha value is -1.78. The molecule has 0 bridgehead atoms. The Labute approximate surface area is 94.3 Å². The molecule has 0 aliphatic rings. The number of hydrogen-bond acceptors (Lipinski definition) is 4. The third-order valence-electron chi connectivity index (χ3n) is 2.07. The Morgan fingerprint density at radius 2 is 1.75 bits per heavy atom. The Bertz CT molecular complexity index is 364. The predicted octanol–water partition coefficient (Wildman–Crippen LogP) is 1.70. The summed E-state index contributed by atoms with van der Waals surface area (Å²) in [6, 6.07) is 10.0. The highest BCUT2D eigenvalue weighted by Crippen LogP contribution is 1.99. The monoisotopic (exact) mass is 215 g/mol. The van der Waals surface area contributed by atoms with Gasteiger partial charge in [0.2, 0.25) is 0 Å². The van der Waals surface area contributed by atoms with E-state index in [2.05, 4.69) is 15.4 Å². The third-order valence-corrected chi connectivity index (χ3v) is 2.07. The first-order chi connectivity index (χ1) is 7.95. The van der Waals surface area contributed by atoms with Crippen LogP contribution in [-0.2, 0) is 18.0 Å². The summed E-state index contributed by atoms with van der Waals surface area (Å²) in [6.45, 7) is 1.15. The molecule has 4 heteroatoms. The standard InChI is InChI=1S/C12H13N3O/c1-2-4-11(5-3-1)9-16-15-8-12-6-13-10-14-7-12/h1-7,10,15H,8-9H2. The van der Waals surface area contributed by atoms with E-state index in [0.717, 1.165) is 11.1 Å². The number of rotatable bonds is 5. The average molecular weight is 215 g/mol. The molecule has 1 aromatic heterocycles. The highest BCUT2D eigenvalue weighted by Gasteiger charge is 1.93. The maximum atomic E-state index is 5.32. The molecule has 0 fully saturated rings. The van der Waals surface area contributed by atoms with Gasteiger partial charge in [0.25, 0.3) is 0 Å². The van der Waals surface area contributed by atoms with Gasteiger partial charge in [-0.05, 0) is 5.56 Å². The molecule has 0 atom stereocenters. The minimum absolute atomic E-state index is 0.550. The number of aromatic nitrogens is 2. The average Bonchev–Trinajstić information content (AvgIpc) is 2.37. The highest BCUT2D eigenvalue weighted by atomic mass is 16.6. The van der Waals surface area contributed by atoms with E-state index < -0.39 is 0 Å². The fourth-order valence-electron chi connectivity index (χ4n) is 1.26. The second-order valence-corrected chi connectivity index (χ2v) is 3.34. The zero-order valence-corrected chi connectivity index (χ0v) is 8.84. The van der Waals surface area contributed by atoms with Crippen molar-refractivity contribution in [1.29, 1.82) is 0 Å². The first-order valence-corrected chi connectivity index (χ1v) is 5.07. The van der Waals surface area contributed by atoms with Crippen molar-refractivity contribution in [2.75, 3.05) is 0 Å². The maximum absolute atomic E-state index is 5.32. The Morgan fingerprint density at radius 1 is 1.00 bits per heavy atom. The molecule has 0 radical (unpaired) electrons. The first-order valence-electron chi connectivity index (χ1n) is 5.07. The molecule has 0 aliphatic heterocycles. The lowest BCUT2D eigenvalue weighted by molar-refractivity contribution is 0.0234. The number of hydroxylamine groups is 1. The van der Waals surface area contributed by atoms with Gasteiger partial charge in [0, 0.05) is 24.5 Å². The maximum Gasteiger partial charge on any atom is 0.115 e. The van der Waals surface area contributed by atoms with Gasteiger partial charge >= 0.3 is 0 Å². The number of nitrogens with zero attached hydrogens (tertiary/aromatic N) is 2. The van der Waals surface area contributed by atoms with Crippen LogP contribution in [0.4, 0.5) is 0 Å². The van der Waals surface area contributed by atoms with E-state index in [-0.39, 0.29) is 0 Å². The summed E-state index contributed by atoms with van der Waals surface area (Å²) in [5, 5.41) is 0. The summed E-state index contributed by atoms with van der Waals surface area (Å²) in [7, 11) is 0. The Kier molecular flexibility index (Phi) is 3.99. The van der Waals surface area contributed by atoms with Gasteiger partial charge < -0.3 is 0 Å². The van der Waals surface area contributed by atoms with Gasteiger partial charge in [-0.3, -0.25) is 4.84 Å². The molecule has 0 saturated heterocycles. The summed E-state index contributed by atoms with van der Waals surface area (Å²) in [5.74, 6) is 0. The zero-order valence-electron chi connectivity index (χ0n) is 8.84. The minimum Gasteiger partial charge on any atom is -0.297 e. The van der Waals surface area contributed by atoms with Gasteiger partial charge in [0.05, 0.1) is 6.61 Å². The van der Waals surface area contributed by atoms with Crippen molar-refractivity contribution < 1.29 is 4.84 Å². The van der Waals surface area contributed by atoms with Crippen molar-refractivity contribution in [3.05, 3.63) is 60.2 Å². The fraction of sp³-hybridized carbons (Fsp3) is 0.167. The van der Waals surface area contributed by atoms with Crippen LogP contribution in [0.2, 0.25) is 0 Å². The van der Waals surface area contributed by atoms with Gasteiger partial charge in [-0.15, -0.1) is 0 Å². The number of hydrogen-bond donors (Lipinski definition) is 1. The van der Waals surface area contributed by atoms with Gasteiger partial charge in [-0.1, -0.05) is 30.3 Å². The van der Waals surface area contributed by atoms with E-state index in [1.54, 1.807) is 12.4 Å². The minimum atomic E-state index is 0.550. The second-order valence-electron chi connectivity index (χ2n) is 3.34. The van der Waals surface area contributed by atoms with E-state index in [0.29, 0.717) is 13.2 Å². The first kappa shape index (κ1) is 10.7. The topological polar surface area (TPSA) is 47.0 Å². The lowest BCUT2D eigenvalue weighted by atomic mass is 10.2. The van der Waals surface area contributed by atoms with Crippen LogP contribution in [0.15, 0.2) is 49.1 Å². The molecule has 0 spiro atoms. The van der Waals surface area contributed by atoms with Crippen LogP contribution < -0.4 is 5.48 Å². The van der Waals surface area contributed by atoms with Gasteiger partial charge in [0.15, 0.2) is 0 Å². The van der Waals surface area contributed by atoms with E-state index in [1.165, 1.54) is 6.33 Å². The molecular weight excluding hydrogens is 202 g/mol. The predicted molar refractivity (Wildman–Crippen MR) is 60.1 cm³/mol. The SMILES string of the molecule is c1ccc(CONCc2cncnc2)cc1. The van der Waals surface area contributed by atoms with Crippen molar-refractivity contribution in [2.24, 2.45) is 0 Å². The molecule has 82 valence electrons. The molecule has 2 aromatic rings. The summed E-state index contributed by atoms with van der Waals surface area (Å²) < 4.78 is 0. The van der Waals surface area contributed by atoms with E-state index in [4.69, 9.17) is 4.84 Å². The molecule has 0 amide bonds. The van der Waals surface area contributed by atoms with Crippen molar-refractivity contribution in [3.63, 3.8) is 0 Å². The van der Waals surface area contributed by atoms with Crippen LogP contribution in [0.3, 0.4) is 0 Å². The largest absolute Gasteiger partial charge is 0.297 e. The molecule has 4 nitrogen and oxygen atoms in total. The van der Waals surface area contributed by atoms with Crippen molar-refractivity contribution in [3.8, 4) is 0 Å². The normalized spacial score (nSPS) is 10.2. The van der Waals surface area contributed by atoms with Crippen LogP contribution in [0.1, 0.15) is 11.1 Å². The van der Waals surface area contributed by atoms with E-state index in [9.17, 15) is 0 Å². The highest BCUT2D eigenvalue weighted by molar-refractivity contribution is 5.13. The van der Waals surface area contributed by atoms with E-state index >= 15 is 0 Å². The molecule has 1 heterocycles. The lowest BCUT2D eigenvalue weighted by Crippen LogP contribution is -2.14. The molecule has 2 rings (SSSR count). The van der Waals surface area contributed by atoms with Crippen LogP contribution in [0, 0.1) is 0 Å². The number of benzene rings is 1. The zero-order chi connectivity index (χ0) is 11.1. The summed E-state index contributed by atoms with van der Waals surface area (Å²) >= 11 is 0. The smallest absolute Gasteiger partial charge is 0.115 e. The summed E-state index contributed by atoms with van der Waals surface area (Å²) in [5.41, 5.74) is 5.00. The van der Waals surface area contributed by atoms with Gasteiger partial charge in [-0.2, -0.15) is 5.48 Å². The molecule has 0 saturated carbocycles. The Morgan fingerprint density at radius 3 is 2.50 bits per heavy atom. The van der Waals surface area contributed by atoms with E-state index in [1.807, 2.05) is 30.3 Å².